The van der Waals surface area contributed by atoms with Gasteiger partial charge in [-0.15, -0.1) is 0 Å². The van der Waals surface area contributed by atoms with Crippen molar-refractivity contribution < 1.29 is 9.53 Å². The zero-order valence-electron chi connectivity index (χ0n) is 16.1. The molecule has 28 heavy (non-hydrogen) atoms. The molecule has 1 atom stereocenters. The summed E-state index contributed by atoms with van der Waals surface area (Å²) in [6.07, 6.45) is 10.6. The molecule has 1 heterocycles. The van der Waals surface area contributed by atoms with Gasteiger partial charge < -0.3 is 4.74 Å². The lowest BCUT2D eigenvalue weighted by Crippen LogP contribution is -2.18. The molecule has 0 radical (unpaired) electrons. The number of benzene rings is 1. The van der Waals surface area contributed by atoms with Crippen LogP contribution < -0.4 is 0 Å². The van der Waals surface area contributed by atoms with Gasteiger partial charge >= 0.3 is 5.97 Å². The molecule has 4 nitrogen and oxygen atoms in total. The molecule has 4 heteroatoms. The van der Waals surface area contributed by atoms with Crippen molar-refractivity contribution in [3.63, 3.8) is 0 Å². The fourth-order valence-electron chi connectivity index (χ4n) is 2.74. The molecule has 142 valence electrons. The monoisotopic (exact) mass is 372 g/mol. The van der Waals surface area contributed by atoms with Crippen LogP contribution in [0.5, 0.6) is 0 Å². The van der Waals surface area contributed by atoms with Gasteiger partial charge in [-0.05, 0) is 30.2 Å². The second kappa shape index (κ2) is 9.97. The van der Waals surface area contributed by atoms with Crippen LogP contribution in [-0.4, -0.2) is 30.2 Å². The van der Waals surface area contributed by atoms with Crippen LogP contribution >= 0.6 is 0 Å². The summed E-state index contributed by atoms with van der Waals surface area (Å²) >= 11 is 0. The molecule has 0 spiro atoms. The van der Waals surface area contributed by atoms with Crippen molar-refractivity contribution in [1.29, 1.82) is 0 Å². The van der Waals surface area contributed by atoms with Gasteiger partial charge in [0.05, 0.1) is 17.9 Å². The largest absolute Gasteiger partial charge is 0.462 e. The summed E-state index contributed by atoms with van der Waals surface area (Å²) < 4.78 is 5.02. The van der Waals surface area contributed by atoms with E-state index in [0.717, 1.165) is 22.4 Å². The molecule has 0 saturated heterocycles. The first-order chi connectivity index (χ1) is 13.6. The number of aliphatic imine (C=N–C) groups is 2. The zero-order valence-corrected chi connectivity index (χ0v) is 16.1. The lowest BCUT2D eigenvalue weighted by Gasteiger charge is -2.12. The Kier molecular flexibility index (Phi) is 7.40. The van der Waals surface area contributed by atoms with E-state index in [2.05, 4.69) is 26.3 Å². The Bertz CT molecular complexity index is 912. The van der Waals surface area contributed by atoms with Gasteiger partial charge in [-0.3, -0.25) is 4.99 Å². The standard InChI is InChI=1S/C24H24N2O2/c1-6-11-17(8-3)21-22(18(9-4)12-7-2)26-23(25-21)19-13-15-20(16-14-19)24(27)28-10-5/h6-9,11-16,21H,1-4,10H2,5H3/b17-11+,18-12+. The van der Waals surface area contributed by atoms with Gasteiger partial charge in [-0.1, -0.05) is 74.9 Å². The Morgan fingerprint density at radius 2 is 1.75 bits per heavy atom. The zero-order chi connectivity index (χ0) is 20.5. The van der Waals surface area contributed by atoms with Crippen LogP contribution in [0.2, 0.25) is 0 Å². The highest BCUT2D eigenvalue weighted by Gasteiger charge is 2.27. The maximum atomic E-state index is 11.8. The topological polar surface area (TPSA) is 51.0 Å². The van der Waals surface area contributed by atoms with Crippen LogP contribution in [0.15, 0.2) is 108 Å². The highest BCUT2D eigenvalue weighted by atomic mass is 16.5. The van der Waals surface area contributed by atoms with Gasteiger partial charge in [0.1, 0.15) is 6.04 Å². The van der Waals surface area contributed by atoms with Gasteiger partial charge in [0, 0.05) is 5.56 Å². The fourth-order valence-corrected chi connectivity index (χ4v) is 2.74. The van der Waals surface area contributed by atoms with Crippen molar-refractivity contribution in [2.24, 2.45) is 9.98 Å². The number of esters is 1. The number of rotatable bonds is 9. The minimum atomic E-state index is -0.352. The number of nitrogens with zero attached hydrogens (tertiary/aromatic N) is 2. The molecule has 2 rings (SSSR count). The molecule has 0 amide bonds. The minimum Gasteiger partial charge on any atom is -0.462 e. The van der Waals surface area contributed by atoms with E-state index >= 15 is 0 Å². The number of allylic oxidation sites excluding steroid dienone is 5. The fraction of sp³-hybridized carbons (Fsp3) is 0.125. The molecule has 1 aromatic rings. The number of carbonyl (C=O) groups excluding carboxylic acids is 1. The lowest BCUT2D eigenvalue weighted by atomic mass is 9.96. The molecule has 0 fully saturated rings. The summed E-state index contributed by atoms with van der Waals surface area (Å²) in [5, 5.41) is 0. The molecule has 0 aliphatic carbocycles. The van der Waals surface area contributed by atoms with Crippen LogP contribution in [0.25, 0.3) is 0 Å². The lowest BCUT2D eigenvalue weighted by molar-refractivity contribution is 0.0526. The average molecular weight is 372 g/mol. The van der Waals surface area contributed by atoms with E-state index in [1.807, 2.05) is 24.3 Å². The summed E-state index contributed by atoms with van der Waals surface area (Å²) in [4.78, 5) is 21.4. The highest BCUT2D eigenvalue weighted by Crippen LogP contribution is 2.24. The van der Waals surface area contributed by atoms with E-state index in [1.165, 1.54) is 0 Å². The van der Waals surface area contributed by atoms with Crippen LogP contribution in [0, 0.1) is 0 Å². The predicted octanol–water partition coefficient (Wildman–Crippen LogP) is 5.03. The van der Waals surface area contributed by atoms with Crippen molar-refractivity contribution in [1.82, 2.24) is 0 Å². The third-order valence-electron chi connectivity index (χ3n) is 4.07. The molecule has 1 aromatic carbocycles. The summed E-state index contributed by atoms with van der Waals surface area (Å²) in [6.45, 7) is 17.4. The second-order valence-corrected chi connectivity index (χ2v) is 5.82. The van der Waals surface area contributed by atoms with Crippen molar-refractivity contribution in [2.45, 2.75) is 13.0 Å². The quantitative estimate of drug-likeness (QED) is 0.451. The maximum Gasteiger partial charge on any atom is 0.338 e. The highest BCUT2D eigenvalue weighted by molar-refractivity contribution is 6.21. The summed E-state index contributed by atoms with van der Waals surface area (Å²) in [7, 11) is 0. The van der Waals surface area contributed by atoms with Crippen LogP contribution in [0.1, 0.15) is 22.8 Å². The van der Waals surface area contributed by atoms with E-state index in [4.69, 9.17) is 14.7 Å². The number of carbonyl (C=O) groups is 1. The van der Waals surface area contributed by atoms with Crippen molar-refractivity contribution in [2.75, 3.05) is 6.61 Å². The third kappa shape index (κ3) is 4.60. The van der Waals surface area contributed by atoms with Crippen molar-refractivity contribution in [3.05, 3.63) is 109 Å². The van der Waals surface area contributed by atoms with E-state index in [1.54, 1.807) is 43.4 Å². The van der Waals surface area contributed by atoms with Crippen LogP contribution in [-0.2, 0) is 4.74 Å². The number of amidine groups is 1. The first-order valence-corrected chi connectivity index (χ1v) is 8.94. The molecule has 0 bridgehead atoms. The van der Waals surface area contributed by atoms with Crippen LogP contribution in [0.4, 0.5) is 0 Å². The van der Waals surface area contributed by atoms with E-state index < -0.39 is 0 Å². The summed E-state index contributed by atoms with van der Waals surface area (Å²) in [6, 6.07) is 6.72. The molecule has 1 aliphatic heterocycles. The Hall–Kier alpha value is -3.53. The molecular weight excluding hydrogens is 348 g/mol. The van der Waals surface area contributed by atoms with Gasteiger partial charge in [0.25, 0.3) is 0 Å². The van der Waals surface area contributed by atoms with E-state index in [9.17, 15) is 4.79 Å². The van der Waals surface area contributed by atoms with E-state index in [0.29, 0.717) is 18.0 Å². The number of ether oxygens (including phenoxy) is 1. The number of hydrogen-bond donors (Lipinski definition) is 0. The maximum absolute atomic E-state index is 11.8. The molecule has 0 N–H and O–H groups in total. The summed E-state index contributed by atoms with van der Waals surface area (Å²) in [5.41, 5.74) is 3.76. The molecule has 1 unspecified atom stereocenters. The Balaban J connectivity index is 2.48. The van der Waals surface area contributed by atoms with Gasteiger partial charge in [-0.25, -0.2) is 9.79 Å². The van der Waals surface area contributed by atoms with Crippen molar-refractivity contribution >= 4 is 17.5 Å². The molecule has 0 saturated carbocycles. The second-order valence-electron chi connectivity index (χ2n) is 5.82. The smallest absolute Gasteiger partial charge is 0.338 e. The Morgan fingerprint density at radius 1 is 1.07 bits per heavy atom. The van der Waals surface area contributed by atoms with Gasteiger partial charge in [0.2, 0.25) is 0 Å². The molecule has 0 aromatic heterocycles. The van der Waals surface area contributed by atoms with E-state index in [-0.39, 0.29) is 12.0 Å². The normalized spacial score (nSPS) is 16.7. The molecular formula is C24H24N2O2. The Labute approximate surface area is 166 Å². The Morgan fingerprint density at radius 3 is 2.29 bits per heavy atom. The third-order valence-corrected chi connectivity index (χ3v) is 4.07. The minimum absolute atomic E-state index is 0.320. The number of hydrogen-bond acceptors (Lipinski definition) is 4. The van der Waals surface area contributed by atoms with Crippen LogP contribution in [0.3, 0.4) is 0 Å². The SMILES string of the molecule is C=C/C=C(\C=C)C1=NC(c2ccc(C(=O)OCC)cc2)=NC1/C(C=C)=C/C=C. The predicted molar refractivity (Wildman–Crippen MR) is 117 cm³/mol. The van der Waals surface area contributed by atoms with Crippen molar-refractivity contribution in [3.8, 4) is 0 Å². The summed E-state index contributed by atoms with van der Waals surface area (Å²) in [5.74, 6) is 0.222. The molecule has 1 aliphatic rings. The average Bonchev–Trinajstić information content (AvgIpc) is 3.15. The van der Waals surface area contributed by atoms with Gasteiger partial charge in [-0.2, -0.15) is 0 Å². The van der Waals surface area contributed by atoms with Gasteiger partial charge in [0.15, 0.2) is 5.84 Å². The first-order valence-electron chi connectivity index (χ1n) is 8.94. The first kappa shape index (κ1) is 20.8.